The molecule has 0 amide bonds. The first kappa shape index (κ1) is 15.4. The molecule has 0 fully saturated rings. The first-order chi connectivity index (χ1) is 6.52. The highest BCUT2D eigenvalue weighted by Gasteiger charge is 2.32. The third-order valence-corrected chi connectivity index (χ3v) is 1.06. The average Bonchev–Trinajstić information content (AvgIpc) is 2.14. The highest BCUT2D eigenvalue weighted by molar-refractivity contribution is 5.72. The maximum absolute atomic E-state index is 11.9. The zero-order chi connectivity index (χ0) is 11.6. The molecular weight excluding hydrogens is 191 g/mol. The molecule has 0 aliphatic rings. The van der Waals surface area contributed by atoms with E-state index in [0.29, 0.717) is 0 Å². The van der Waals surface area contributed by atoms with Gasteiger partial charge in [0, 0.05) is 6.21 Å². The van der Waals surface area contributed by atoms with E-state index >= 15 is 0 Å². The first-order valence-corrected chi connectivity index (χ1v) is 4.41. The van der Waals surface area contributed by atoms with Crippen LogP contribution in [0.2, 0.25) is 0 Å². The van der Waals surface area contributed by atoms with Crippen LogP contribution in [0.4, 0.5) is 13.2 Å². The van der Waals surface area contributed by atoms with E-state index in [1.54, 1.807) is 13.0 Å². The summed E-state index contributed by atoms with van der Waals surface area (Å²) in [5.41, 5.74) is -0.874. The van der Waals surface area contributed by atoms with Crippen molar-refractivity contribution in [3.05, 3.63) is 23.9 Å². The van der Waals surface area contributed by atoms with Crippen molar-refractivity contribution in [3.8, 4) is 0 Å². The van der Waals surface area contributed by atoms with Crippen molar-refractivity contribution in [2.24, 2.45) is 4.99 Å². The van der Waals surface area contributed by atoms with Gasteiger partial charge in [0.2, 0.25) is 0 Å². The van der Waals surface area contributed by atoms with E-state index in [9.17, 15) is 13.2 Å². The van der Waals surface area contributed by atoms with Gasteiger partial charge in [-0.25, -0.2) is 0 Å². The van der Waals surface area contributed by atoms with Crippen LogP contribution in [-0.4, -0.2) is 12.4 Å². The van der Waals surface area contributed by atoms with Crippen LogP contribution in [0.5, 0.6) is 0 Å². The lowest BCUT2D eigenvalue weighted by molar-refractivity contribution is -0.0923. The summed E-state index contributed by atoms with van der Waals surface area (Å²) in [6.07, 6.45) is 0.734. The van der Waals surface area contributed by atoms with Gasteiger partial charge in [0.25, 0.3) is 0 Å². The van der Waals surface area contributed by atoms with Crippen LogP contribution in [0.1, 0.15) is 27.7 Å². The van der Waals surface area contributed by atoms with Gasteiger partial charge in [-0.1, -0.05) is 26.0 Å². The van der Waals surface area contributed by atoms with Crippen LogP contribution in [0, 0.1) is 0 Å². The predicted molar refractivity (Wildman–Crippen MR) is 54.5 cm³/mol. The van der Waals surface area contributed by atoms with Crippen LogP contribution in [-0.2, 0) is 0 Å². The summed E-state index contributed by atoms with van der Waals surface area (Å²) in [6, 6.07) is 0. The molecule has 0 unspecified atom stereocenters. The minimum Gasteiger partial charge on any atom is -0.252 e. The lowest BCUT2D eigenvalue weighted by atomic mass is 10.4. The number of alkyl halides is 3. The summed E-state index contributed by atoms with van der Waals surface area (Å²) in [6.45, 7) is 7.00. The van der Waals surface area contributed by atoms with Gasteiger partial charge in [-0.05, 0) is 19.9 Å². The van der Waals surface area contributed by atoms with E-state index in [2.05, 4.69) is 4.99 Å². The second kappa shape index (κ2) is 8.53. The molecule has 0 N–H and O–H groups in total. The second-order valence-electron chi connectivity index (χ2n) is 1.98. The Kier molecular flexibility index (Phi) is 9.40. The standard InChI is InChI=1S/C8H10F3N.C2H6/c1-3-5-6-12-7(4-2)8(9,10)11;1-2/h3-6H,1-2H3;1-2H3/b5-3-,7-4-,12-6-;. The van der Waals surface area contributed by atoms with Gasteiger partial charge < -0.3 is 0 Å². The lowest BCUT2D eigenvalue weighted by Gasteiger charge is -2.04. The highest BCUT2D eigenvalue weighted by atomic mass is 19.4. The maximum Gasteiger partial charge on any atom is 0.432 e. The van der Waals surface area contributed by atoms with Crippen LogP contribution in [0.25, 0.3) is 0 Å². The number of rotatable bonds is 2. The van der Waals surface area contributed by atoms with Gasteiger partial charge in [-0.15, -0.1) is 0 Å². The fourth-order valence-corrected chi connectivity index (χ4v) is 0.521. The molecule has 4 heteroatoms. The van der Waals surface area contributed by atoms with Crippen molar-refractivity contribution in [1.82, 2.24) is 0 Å². The SMILES string of the molecule is CC.C\C=C/C=N\C(=C/C)C(F)(F)F. The number of halogens is 3. The zero-order valence-electron chi connectivity index (χ0n) is 8.89. The average molecular weight is 207 g/mol. The Balaban J connectivity index is 0. The molecule has 0 aliphatic heterocycles. The molecule has 0 bridgehead atoms. The van der Waals surface area contributed by atoms with Crippen molar-refractivity contribution in [2.75, 3.05) is 0 Å². The van der Waals surface area contributed by atoms with Crippen molar-refractivity contribution < 1.29 is 13.2 Å². The van der Waals surface area contributed by atoms with Gasteiger partial charge in [-0.2, -0.15) is 13.2 Å². The monoisotopic (exact) mass is 207 g/mol. The smallest absolute Gasteiger partial charge is 0.252 e. The summed E-state index contributed by atoms with van der Waals surface area (Å²) >= 11 is 0. The Hall–Kier alpha value is -1.06. The van der Waals surface area contributed by atoms with E-state index in [1.165, 1.54) is 13.0 Å². The van der Waals surface area contributed by atoms with Crippen LogP contribution >= 0.6 is 0 Å². The van der Waals surface area contributed by atoms with E-state index in [-0.39, 0.29) is 0 Å². The van der Waals surface area contributed by atoms with Gasteiger partial charge in [-0.3, -0.25) is 4.99 Å². The van der Waals surface area contributed by atoms with Crippen LogP contribution in [0.15, 0.2) is 28.9 Å². The minimum absolute atomic E-state index is 0.874. The summed E-state index contributed by atoms with van der Waals surface area (Å²) in [5.74, 6) is 0. The molecule has 0 atom stereocenters. The molecule has 0 aromatic heterocycles. The number of nitrogens with zero attached hydrogens (tertiary/aromatic N) is 1. The molecule has 0 spiro atoms. The molecule has 0 aromatic rings. The fourth-order valence-electron chi connectivity index (χ4n) is 0.521. The number of aliphatic imine (C=N–C) groups is 1. The molecule has 14 heavy (non-hydrogen) atoms. The minimum atomic E-state index is -4.35. The molecule has 0 heterocycles. The summed E-state index contributed by atoms with van der Waals surface area (Å²) in [7, 11) is 0. The molecular formula is C10H16F3N. The van der Waals surface area contributed by atoms with Gasteiger partial charge in [0.1, 0.15) is 5.70 Å². The van der Waals surface area contributed by atoms with Gasteiger partial charge in [0.15, 0.2) is 0 Å². The molecule has 0 rings (SSSR count). The fraction of sp³-hybridized carbons (Fsp3) is 0.500. The molecule has 0 saturated carbocycles. The molecule has 0 aromatic carbocycles. The maximum atomic E-state index is 11.9. The normalized spacial score (nSPS) is 13.2. The number of hydrogen-bond donors (Lipinski definition) is 0. The first-order valence-electron chi connectivity index (χ1n) is 4.41. The molecule has 82 valence electrons. The number of hydrogen-bond acceptors (Lipinski definition) is 1. The van der Waals surface area contributed by atoms with Crippen LogP contribution < -0.4 is 0 Å². The van der Waals surface area contributed by atoms with Gasteiger partial charge >= 0.3 is 6.18 Å². The third kappa shape index (κ3) is 7.58. The molecule has 1 nitrogen and oxygen atoms in total. The molecule has 0 saturated heterocycles. The van der Waals surface area contributed by atoms with Crippen molar-refractivity contribution in [2.45, 2.75) is 33.9 Å². The Morgan fingerprint density at radius 2 is 1.64 bits per heavy atom. The van der Waals surface area contributed by atoms with E-state index in [0.717, 1.165) is 12.3 Å². The highest BCUT2D eigenvalue weighted by Crippen LogP contribution is 2.25. The van der Waals surface area contributed by atoms with E-state index in [1.807, 2.05) is 13.8 Å². The number of allylic oxidation sites excluding steroid dienone is 4. The van der Waals surface area contributed by atoms with Crippen LogP contribution in [0.3, 0.4) is 0 Å². The quantitative estimate of drug-likeness (QED) is 0.604. The van der Waals surface area contributed by atoms with Crippen molar-refractivity contribution >= 4 is 6.21 Å². The largest absolute Gasteiger partial charge is 0.432 e. The molecule has 0 aliphatic carbocycles. The predicted octanol–water partition coefficient (Wildman–Crippen LogP) is 4.13. The Bertz CT molecular complexity index is 212. The van der Waals surface area contributed by atoms with Gasteiger partial charge in [0.05, 0.1) is 0 Å². The second-order valence-corrected chi connectivity index (χ2v) is 1.98. The van der Waals surface area contributed by atoms with E-state index in [4.69, 9.17) is 0 Å². The zero-order valence-corrected chi connectivity index (χ0v) is 8.89. The topological polar surface area (TPSA) is 12.4 Å². The van der Waals surface area contributed by atoms with Crippen molar-refractivity contribution in [1.29, 1.82) is 0 Å². The Morgan fingerprint density at radius 3 is 1.93 bits per heavy atom. The van der Waals surface area contributed by atoms with Crippen molar-refractivity contribution in [3.63, 3.8) is 0 Å². The lowest BCUT2D eigenvalue weighted by Crippen LogP contribution is -2.09. The third-order valence-electron chi connectivity index (χ3n) is 1.06. The summed E-state index contributed by atoms with van der Waals surface area (Å²) < 4.78 is 35.8. The Morgan fingerprint density at radius 1 is 1.14 bits per heavy atom. The summed E-state index contributed by atoms with van der Waals surface area (Å²) in [4.78, 5) is 3.23. The molecule has 0 radical (unpaired) electrons. The Labute approximate surface area is 83.0 Å². The summed E-state index contributed by atoms with van der Waals surface area (Å²) in [5, 5.41) is 0. The van der Waals surface area contributed by atoms with E-state index < -0.39 is 11.9 Å².